The number of hydrogen-bond acceptors (Lipinski definition) is 3. The maximum atomic E-state index is 10.6. The fourth-order valence-corrected chi connectivity index (χ4v) is 4.06. The zero-order valence-electron chi connectivity index (χ0n) is 8.70. The van der Waals surface area contributed by atoms with Gasteiger partial charge in [0.1, 0.15) is 5.60 Å². The Kier molecular flexibility index (Phi) is 3.50. The van der Waals surface area contributed by atoms with E-state index in [4.69, 9.17) is 4.74 Å². The molecule has 1 aliphatic carbocycles. The summed E-state index contributed by atoms with van der Waals surface area (Å²) < 4.78 is 6.35. The van der Waals surface area contributed by atoms with Crippen LogP contribution in [0.25, 0.3) is 0 Å². The molecule has 0 amide bonds. The summed E-state index contributed by atoms with van der Waals surface area (Å²) in [6.07, 6.45) is 3.80. The van der Waals surface area contributed by atoms with Crippen LogP contribution in [0.2, 0.25) is 0 Å². The molecule has 84 valence electrons. The van der Waals surface area contributed by atoms with Crippen molar-refractivity contribution in [3.8, 4) is 0 Å². The standard InChI is InChI=1S/C11H15BrO2S/c1-14-8-2-5-11(13,6-3-8)10-9(12)4-7-15-10/h4,7-8,13H,2-3,5-6H2,1H3. The van der Waals surface area contributed by atoms with Gasteiger partial charge < -0.3 is 9.84 Å². The predicted molar refractivity (Wildman–Crippen MR) is 65.2 cm³/mol. The Hall–Kier alpha value is 0.100. The van der Waals surface area contributed by atoms with Crippen LogP contribution in [0.1, 0.15) is 30.6 Å². The van der Waals surface area contributed by atoms with Crippen LogP contribution < -0.4 is 0 Å². The first-order valence-corrected chi connectivity index (χ1v) is 6.81. The van der Waals surface area contributed by atoms with Crippen molar-refractivity contribution in [2.75, 3.05) is 7.11 Å². The van der Waals surface area contributed by atoms with E-state index in [0.29, 0.717) is 6.10 Å². The largest absolute Gasteiger partial charge is 0.384 e. The van der Waals surface area contributed by atoms with E-state index in [1.807, 2.05) is 11.4 Å². The molecule has 0 atom stereocenters. The lowest BCUT2D eigenvalue weighted by atomic mass is 9.82. The van der Waals surface area contributed by atoms with Gasteiger partial charge in [0.25, 0.3) is 0 Å². The summed E-state index contributed by atoms with van der Waals surface area (Å²) in [5, 5.41) is 12.6. The minimum atomic E-state index is -0.637. The second-order valence-electron chi connectivity index (χ2n) is 4.06. The Balaban J connectivity index is 2.13. The highest BCUT2D eigenvalue weighted by Gasteiger charge is 2.36. The summed E-state index contributed by atoms with van der Waals surface area (Å²) in [4.78, 5) is 1.07. The molecular formula is C11H15BrO2S. The third-order valence-corrected chi connectivity index (χ3v) is 5.16. The van der Waals surface area contributed by atoms with E-state index in [0.717, 1.165) is 35.0 Å². The van der Waals surface area contributed by atoms with Crippen molar-refractivity contribution in [2.24, 2.45) is 0 Å². The molecule has 2 nitrogen and oxygen atoms in total. The summed E-state index contributed by atoms with van der Waals surface area (Å²) in [7, 11) is 1.75. The van der Waals surface area contributed by atoms with Crippen molar-refractivity contribution in [1.82, 2.24) is 0 Å². The lowest BCUT2D eigenvalue weighted by Gasteiger charge is -2.35. The number of rotatable bonds is 2. The van der Waals surface area contributed by atoms with E-state index < -0.39 is 5.60 Å². The van der Waals surface area contributed by atoms with E-state index in [9.17, 15) is 5.11 Å². The monoisotopic (exact) mass is 290 g/mol. The highest BCUT2D eigenvalue weighted by Crippen LogP contribution is 2.43. The average molecular weight is 291 g/mol. The van der Waals surface area contributed by atoms with E-state index in [1.54, 1.807) is 18.4 Å². The molecule has 0 aromatic carbocycles. The fraction of sp³-hybridized carbons (Fsp3) is 0.636. The smallest absolute Gasteiger partial charge is 0.100 e. The van der Waals surface area contributed by atoms with Gasteiger partial charge in [0.2, 0.25) is 0 Å². The van der Waals surface area contributed by atoms with Crippen LogP contribution in [-0.4, -0.2) is 18.3 Å². The number of hydrogen-bond donors (Lipinski definition) is 1. The van der Waals surface area contributed by atoms with Crippen LogP contribution >= 0.6 is 27.3 Å². The highest BCUT2D eigenvalue weighted by molar-refractivity contribution is 9.10. The molecule has 1 fully saturated rings. The van der Waals surface area contributed by atoms with Crippen LogP contribution in [-0.2, 0) is 10.3 Å². The molecular weight excluding hydrogens is 276 g/mol. The van der Waals surface area contributed by atoms with Crippen LogP contribution in [0.15, 0.2) is 15.9 Å². The zero-order valence-corrected chi connectivity index (χ0v) is 11.1. The lowest BCUT2D eigenvalue weighted by Crippen LogP contribution is -2.33. The third kappa shape index (κ3) is 2.28. The van der Waals surface area contributed by atoms with Gasteiger partial charge in [0.15, 0.2) is 0 Å². The summed E-state index contributed by atoms with van der Waals surface area (Å²) in [5.41, 5.74) is -0.637. The average Bonchev–Trinajstić information content (AvgIpc) is 2.66. The maximum absolute atomic E-state index is 10.6. The first-order chi connectivity index (χ1) is 7.15. The SMILES string of the molecule is COC1CCC(O)(c2sccc2Br)CC1. The Morgan fingerprint density at radius 2 is 2.20 bits per heavy atom. The van der Waals surface area contributed by atoms with Gasteiger partial charge >= 0.3 is 0 Å². The molecule has 1 saturated carbocycles. The molecule has 4 heteroatoms. The van der Waals surface area contributed by atoms with Crippen molar-refractivity contribution in [3.63, 3.8) is 0 Å². The quantitative estimate of drug-likeness (QED) is 0.906. The van der Waals surface area contributed by atoms with E-state index in [1.165, 1.54) is 0 Å². The molecule has 1 heterocycles. The molecule has 1 aliphatic rings. The molecule has 0 spiro atoms. The molecule has 15 heavy (non-hydrogen) atoms. The maximum Gasteiger partial charge on any atom is 0.100 e. The second kappa shape index (κ2) is 4.53. The Bertz CT molecular complexity index is 329. The van der Waals surface area contributed by atoms with E-state index >= 15 is 0 Å². The first kappa shape index (κ1) is 11.6. The van der Waals surface area contributed by atoms with Gasteiger partial charge in [-0.2, -0.15) is 0 Å². The van der Waals surface area contributed by atoms with Crippen LogP contribution in [0.3, 0.4) is 0 Å². The lowest BCUT2D eigenvalue weighted by molar-refractivity contribution is -0.0455. The van der Waals surface area contributed by atoms with Gasteiger partial charge in [-0.3, -0.25) is 0 Å². The van der Waals surface area contributed by atoms with Gasteiger partial charge in [-0.15, -0.1) is 11.3 Å². The van der Waals surface area contributed by atoms with Crippen molar-refractivity contribution in [3.05, 3.63) is 20.8 Å². The molecule has 1 aromatic rings. The summed E-state index contributed by atoms with van der Waals surface area (Å²) in [6, 6.07) is 2.00. The van der Waals surface area contributed by atoms with Crippen molar-refractivity contribution >= 4 is 27.3 Å². The first-order valence-electron chi connectivity index (χ1n) is 5.14. The minimum absolute atomic E-state index is 0.323. The van der Waals surface area contributed by atoms with Crippen molar-refractivity contribution < 1.29 is 9.84 Å². The summed E-state index contributed by atoms with van der Waals surface area (Å²) >= 11 is 5.11. The second-order valence-corrected chi connectivity index (χ2v) is 5.83. The van der Waals surface area contributed by atoms with Crippen LogP contribution in [0.4, 0.5) is 0 Å². The number of aliphatic hydroxyl groups is 1. The van der Waals surface area contributed by atoms with E-state index in [-0.39, 0.29) is 0 Å². The van der Waals surface area contributed by atoms with Gasteiger partial charge in [-0.05, 0) is 53.1 Å². The normalized spacial score (nSPS) is 31.8. The van der Waals surface area contributed by atoms with Crippen molar-refractivity contribution in [2.45, 2.75) is 37.4 Å². The Morgan fingerprint density at radius 1 is 1.53 bits per heavy atom. The number of halogens is 1. The van der Waals surface area contributed by atoms with Gasteiger partial charge in [0.05, 0.1) is 11.0 Å². The minimum Gasteiger partial charge on any atom is -0.384 e. The zero-order chi connectivity index (χ0) is 10.9. The summed E-state index contributed by atoms with van der Waals surface area (Å²) in [6.45, 7) is 0. The number of methoxy groups -OCH3 is 1. The Labute approximate surface area is 102 Å². The van der Waals surface area contributed by atoms with Gasteiger partial charge in [-0.25, -0.2) is 0 Å². The molecule has 0 bridgehead atoms. The molecule has 0 saturated heterocycles. The number of thiophene rings is 1. The topological polar surface area (TPSA) is 29.5 Å². The van der Waals surface area contributed by atoms with Gasteiger partial charge in [-0.1, -0.05) is 0 Å². The number of ether oxygens (including phenoxy) is 1. The predicted octanol–water partition coefficient (Wildman–Crippen LogP) is 3.29. The molecule has 2 rings (SSSR count). The molecule has 0 radical (unpaired) electrons. The highest BCUT2D eigenvalue weighted by atomic mass is 79.9. The molecule has 1 N–H and O–H groups in total. The van der Waals surface area contributed by atoms with Crippen LogP contribution in [0.5, 0.6) is 0 Å². The third-order valence-electron chi connectivity index (χ3n) is 3.13. The summed E-state index contributed by atoms with van der Waals surface area (Å²) in [5.74, 6) is 0. The molecule has 0 unspecified atom stereocenters. The fourth-order valence-electron chi connectivity index (χ4n) is 2.16. The van der Waals surface area contributed by atoms with Crippen molar-refractivity contribution in [1.29, 1.82) is 0 Å². The van der Waals surface area contributed by atoms with Crippen LogP contribution in [0, 0.1) is 0 Å². The molecule has 0 aliphatic heterocycles. The molecule has 1 aromatic heterocycles. The van der Waals surface area contributed by atoms with Gasteiger partial charge in [0, 0.05) is 11.6 Å². The Morgan fingerprint density at radius 3 is 2.67 bits per heavy atom. The van der Waals surface area contributed by atoms with E-state index in [2.05, 4.69) is 15.9 Å².